The molecule has 0 bridgehead atoms. The highest BCUT2D eigenvalue weighted by atomic mass is 15.1. The van der Waals surface area contributed by atoms with Crippen LogP contribution in [0.3, 0.4) is 0 Å². The molecule has 1 aromatic heterocycles. The van der Waals surface area contributed by atoms with E-state index in [2.05, 4.69) is 109 Å². The number of hydrogen-bond donors (Lipinski definition) is 0. The minimum Gasteiger partial charge on any atom is -0.237 e. The van der Waals surface area contributed by atoms with Gasteiger partial charge in [0.15, 0.2) is 0 Å². The van der Waals surface area contributed by atoms with Gasteiger partial charge in [0, 0.05) is 5.41 Å². The monoisotopic (exact) mass is 600 g/mol. The molecule has 0 spiro atoms. The number of aryl methyl sites for hydroxylation is 1. The molecule has 0 aliphatic heterocycles. The van der Waals surface area contributed by atoms with Crippen molar-refractivity contribution >= 4 is 0 Å². The van der Waals surface area contributed by atoms with Crippen molar-refractivity contribution < 1.29 is 4.57 Å². The summed E-state index contributed by atoms with van der Waals surface area (Å²) < 4.78 is 5.02. The molecule has 0 radical (unpaired) electrons. The van der Waals surface area contributed by atoms with Gasteiger partial charge in [0.25, 0.3) is 0 Å². The standard InChI is InChI=1S/C42H67N2/c1-4-6-8-10-11-12-13-14-15-16-17-18-19-27-33-41(44-36-35-43(38-44)34-28-20-9-7-5-2)42(3,40-31-25-22-26-32-40)37-39-29-23-21-24-30-39/h21-26,29-32,35-36,38,41H,4-20,27-28,33-34,37H2,1-3H3/q+1. The Bertz CT molecular complexity index is 1070. The maximum Gasteiger partial charge on any atom is 0.244 e. The Morgan fingerprint density at radius 3 is 1.61 bits per heavy atom. The van der Waals surface area contributed by atoms with Crippen LogP contribution in [0.1, 0.15) is 166 Å². The third kappa shape index (κ3) is 13.3. The van der Waals surface area contributed by atoms with Gasteiger partial charge in [-0.25, -0.2) is 9.13 Å². The van der Waals surface area contributed by atoms with Crippen LogP contribution in [0.2, 0.25) is 0 Å². The van der Waals surface area contributed by atoms with Gasteiger partial charge in [-0.15, -0.1) is 0 Å². The summed E-state index contributed by atoms with van der Waals surface area (Å²) in [5.74, 6) is 0. The number of imidazole rings is 1. The van der Waals surface area contributed by atoms with Gasteiger partial charge < -0.3 is 0 Å². The van der Waals surface area contributed by atoms with Crippen LogP contribution in [0.15, 0.2) is 79.4 Å². The molecule has 44 heavy (non-hydrogen) atoms. The van der Waals surface area contributed by atoms with E-state index in [0.29, 0.717) is 6.04 Å². The quantitative estimate of drug-likeness (QED) is 0.0641. The Kier molecular flexibility index (Phi) is 18.2. The first-order valence-electron chi connectivity index (χ1n) is 18.8. The van der Waals surface area contributed by atoms with Crippen LogP contribution >= 0.6 is 0 Å². The Hall–Kier alpha value is -2.35. The molecule has 244 valence electrons. The molecule has 0 fully saturated rings. The molecule has 0 saturated carbocycles. The molecule has 2 heteroatoms. The number of aromatic nitrogens is 2. The lowest BCUT2D eigenvalue weighted by molar-refractivity contribution is -0.697. The van der Waals surface area contributed by atoms with E-state index < -0.39 is 0 Å². The fourth-order valence-corrected chi connectivity index (χ4v) is 7.21. The number of unbranched alkanes of at least 4 members (excludes halogenated alkanes) is 17. The summed E-state index contributed by atoms with van der Waals surface area (Å²) in [6, 6.07) is 23.0. The van der Waals surface area contributed by atoms with Crippen molar-refractivity contribution in [2.45, 2.75) is 174 Å². The van der Waals surface area contributed by atoms with Crippen molar-refractivity contribution in [1.82, 2.24) is 4.57 Å². The van der Waals surface area contributed by atoms with Crippen LogP contribution in [0, 0.1) is 0 Å². The molecular weight excluding hydrogens is 532 g/mol. The third-order valence-corrected chi connectivity index (χ3v) is 10.0. The molecular formula is C42H67N2+. The molecule has 2 unspecified atom stereocenters. The zero-order chi connectivity index (χ0) is 31.1. The predicted octanol–water partition coefficient (Wildman–Crippen LogP) is 12.4. The van der Waals surface area contributed by atoms with Crippen LogP contribution in [-0.4, -0.2) is 4.57 Å². The lowest BCUT2D eigenvalue weighted by atomic mass is 9.70. The van der Waals surface area contributed by atoms with E-state index in [-0.39, 0.29) is 5.41 Å². The number of hydrogen-bond acceptors (Lipinski definition) is 0. The molecule has 0 saturated heterocycles. The number of benzene rings is 2. The van der Waals surface area contributed by atoms with E-state index in [0.717, 1.165) is 13.0 Å². The van der Waals surface area contributed by atoms with Gasteiger partial charge in [-0.2, -0.15) is 0 Å². The number of rotatable bonds is 26. The van der Waals surface area contributed by atoms with Gasteiger partial charge in [0.05, 0.1) is 6.54 Å². The smallest absolute Gasteiger partial charge is 0.237 e. The minimum absolute atomic E-state index is 0.0110. The zero-order valence-electron chi connectivity index (χ0n) is 29.0. The fourth-order valence-electron chi connectivity index (χ4n) is 7.21. The highest BCUT2D eigenvalue weighted by Crippen LogP contribution is 2.41. The molecule has 2 aromatic carbocycles. The highest BCUT2D eigenvalue weighted by molar-refractivity contribution is 5.30. The molecule has 1 heterocycles. The highest BCUT2D eigenvalue weighted by Gasteiger charge is 2.40. The van der Waals surface area contributed by atoms with E-state index in [9.17, 15) is 0 Å². The van der Waals surface area contributed by atoms with Crippen LogP contribution in [0.5, 0.6) is 0 Å². The maximum atomic E-state index is 2.57. The van der Waals surface area contributed by atoms with E-state index in [1.54, 1.807) is 0 Å². The van der Waals surface area contributed by atoms with E-state index in [1.807, 2.05) is 0 Å². The minimum atomic E-state index is 0.0110. The van der Waals surface area contributed by atoms with Crippen LogP contribution < -0.4 is 4.57 Å². The average Bonchev–Trinajstić information content (AvgIpc) is 3.52. The lowest BCUT2D eigenvalue weighted by Gasteiger charge is -2.37. The van der Waals surface area contributed by atoms with Crippen molar-refractivity contribution in [2.75, 3.05) is 0 Å². The summed E-state index contributed by atoms with van der Waals surface area (Å²) in [6.07, 6.45) is 35.8. The van der Waals surface area contributed by atoms with Crippen molar-refractivity contribution in [3.8, 4) is 0 Å². The predicted molar refractivity (Wildman–Crippen MR) is 191 cm³/mol. The Labute approximate surface area is 272 Å². The first-order chi connectivity index (χ1) is 21.7. The summed E-state index contributed by atoms with van der Waals surface area (Å²) in [6.45, 7) is 8.26. The second-order valence-electron chi connectivity index (χ2n) is 13.9. The topological polar surface area (TPSA) is 8.81 Å². The second kappa shape index (κ2) is 22.2. The van der Waals surface area contributed by atoms with E-state index >= 15 is 0 Å². The van der Waals surface area contributed by atoms with Gasteiger partial charge in [-0.1, -0.05) is 184 Å². The second-order valence-corrected chi connectivity index (χ2v) is 13.9. The Morgan fingerprint density at radius 2 is 1.07 bits per heavy atom. The van der Waals surface area contributed by atoms with Gasteiger partial charge in [-0.05, 0) is 43.2 Å². The Morgan fingerprint density at radius 1 is 0.591 bits per heavy atom. The van der Waals surface area contributed by atoms with Gasteiger partial charge >= 0.3 is 0 Å². The van der Waals surface area contributed by atoms with Crippen molar-refractivity contribution in [2.24, 2.45) is 0 Å². The fraction of sp³-hybridized carbons (Fsp3) is 0.643. The van der Waals surface area contributed by atoms with Crippen molar-refractivity contribution in [1.29, 1.82) is 0 Å². The molecule has 0 N–H and O–H groups in total. The molecule has 0 amide bonds. The summed E-state index contributed by atoms with van der Waals surface area (Å²) >= 11 is 0. The molecule has 2 nitrogen and oxygen atoms in total. The maximum absolute atomic E-state index is 2.57. The van der Waals surface area contributed by atoms with Crippen LogP contribution in [0.4, 0.5) is 0 Å². The SMILES string of the molecule is CCCCCCCCCCCCCCCCC(n1cc[n+](CCCCCCC)c1)C(C)(Cc1ccccc1)c1ccccc1. The first-order valence-corrected chi connectivity index (χ1v) is 18.8. The van der Waals surface area contributed by atoms with Crippen LogP contribution in [-0.2, 0) is 18.4 Å². The average molecular weight is 600 g/mol. The third-order valence-electron chi connectivity index (χ3n) is 10.0. The summed E-state index contributed by atoms with van der Waals surface area (Å²) in [5.41, 5.74) is 2.90. The van der Waals surface area contributed by atoms with Gasteiger partial charge in [-0.3, -0.25) is 0 Å². The zero-order valence-corrected chi connectivity index (χ0v) is 29.0. The van der Waals surface area contributed by atoms with E-state index in [1.165, 1.54) is 140 Å². The first kappa shape index (κ1) is 36.1. The molecule has 3 aromatic rings. The lowest BCUT2D eigenvalue weighted by Crippen LogP contribution is -2.38. The molecule has 3 rings (SSSR count). The normalized spacial score (nSPS) is 13.6. The number of nitrogens with zero attached hydrogens (tertiary/aromatic N) is 2. The van der Waals surface area contributed by atoms with Crippen molar-refractivity contribution in [3.63, 3.8) is 0 Å². The summed E-state index contributed by atoms with van der Waals surface area (Å²) in [5, 5.41) is 0. The van der Waals surface area contributed by atoms with Gasteiger partial charge in [0.1, 0.15) is 18.4 Å². The summed E-state index contributed by atoms with van der Waals surface area (Å²) in [7, 11) is 0. The van der Waals surface area contributed by atoms with Gasteiger partial charge in [0.2, 0.25) is 6.33 Å². The summed E-state index contributed by atoms with van der Waals surface area (Å²) in [4.78, 5) is 0. The van der Waals surface area contributed by atoms with E-state index in [4.69, 9.17) is 0 Å². The molecule has 0 aliphatic carbocycles. The Balaban J connectivity index is 1.58. The molecule has 0 aliphatic rings. The van der Waals surface area contributed by atoms with Crippen LogP contribution in [0.25, 0.3) is 0 Å². The molecule has 2 atom stereocenters. The largest absolute Gasteiger partial charge is 0.244 e. The van der Waals surface area contributed by atoms with Crippen molar-refractivity contribution in [3.05, 3.63) is 90.5 Å².